The van der Waals surface area contributed by atoms with Crippen molar-refractivity contribution < 1.29 is 10.2 Å². The predicted octanol–water partition coefficient (Wildman–Crippen LogP) is 4.39. The van der Waals surface area contributed by atoms with E-state index in [9.17, 15) is 10.2 Å². The minimum Gasteiger partial charge on any atom is -0.508 e. The van der Waals surface area contributed by atoms with E-state index in [0.29, 0.717) is 35.7 Å². The van der Waals surface area contributed by atoms with E-state index in [4.69, 9.17) is 11.6 Å². The molecule has 1 aromatic carbocycles. The van der Waals surface area contributed by atoms with Crippen LogP contribution in [0.3, 0.4) is 0 Å². The maximum absolute atomic E-state index is 10.3. The number of aryl methyl sites for hydroxylation is 1. The van der Waals surface area contributed by atoms with Gasteiger partial charge >= 0.3 is 0 Å². The molecular formula is C20H27ClIN3O2S. The number of hydrogen-bond acceptors (Lipinski definition) is 4. The Morgan fingerprint density at radius 2 is 2.00 bits per heavy atom. The first-order valence-electron chi connectivity index (χ1n) is 9.36. The summed E-state index contributed by atoms with van der Waals surface area (Å²) in [5, 5.41) is 27.0. The molecule has 8 heteroatoms. The summed E-state index contributed by atoms with van der Waals surface area (Å²) in [4.78, 5) is 5.44. The van der Waals surface area contributed by atoms with E-state index in [2.05, 4.69) is 15.6 Å². The van der Waals surface area contributed by atoms with E-state index >= 15 is 0 Å². The van der Waals surface area contributed by atoms with Gasteiger partial charge in [0.1, 0.15) is 11.9 Å². The Kier molecular flexibility index (Phi) is 9.33. The van der Waals surface area contributed by atoms with Crippen LogP contribution in [0.15, 0.2) is 29.3 Å². The number of nitrogens with zero attached hydrogens (tertiary/aromatic N) is 1. The summed E-state index contributed by atoms with van der Waals surface area (Å²) in [7, 11) is 0. The number of phenolic OH excluding ortho intramolecular Hbond substituents is 1. The van der Waals surface area contributed by atoms with Crippen molar-refractivity contribution in [1.29, 1.82) is 0 Å². The fourth-order valence-corrected chi connectivity index (χ4v) is 4.42. The second-order valence-electron chi connectivity index (χ2n) is 6.64. The molecule has 1 aliphatic rings. The molecule has 5 nitrogen and oxygen atoms in total. The van der Waals surface area contributed by atoms with Crippen LogP contribution < -0.4 is 10.6 Å². The van der Waals surface area contributed by atoms with E-state index in [-0.39, 0.29) is 24.0 Å². The van der Waals surface area contributed by atoms with Gasteiger partial charge < -0.3 is 20.8 Å². The molecule has 2 aromatic rings. The van der Waals surface area contributed by atoms with Crippen molar-refractivity contribution in [1.82, 2.24) is 10.6 Å². The van der Waals surface area contributed by atoms with Gasteiger partial charge in [-0.1, -0.05) is 17.7 Å². The zero-order chi connectivity index (χ0) is 19.2. The van der Waals surface area contributed by atoms with Crippen molar-refractivity contribution in [2.75, 3.05) is 13.1 Å². The van der Waals surface area contributed by atoms with E-state index in [1.54, 1.807) is 12.1 Å². The highest BCUT2D eigenvalue weighted by atomic mass is 127. The zero-order valence-corrected chi connectivity index (χ0v) is 19.8. The van der Waals surface area contributed by atoms with E-state index in [0.717, 1.165) is 29.7 Å². The van der Waals surface area contributed by atoms with Crippen LogP contribution in [0.1, 0.15) is 47.4 Å². The number of guanidine groups is 1. The minimum absolute atomic E-state index is 0. The van der Waals surface area contributed by atoms with Gasteiger partial charge in [0.25, 0.3) is 0 Å². The van der Waals surface area contributed by atoms with E-state index in [1.165, 1.54) is 28.9 Å². The van der Waals surface area contributed by atoms with Crippen molar-refractivity contribution in [3.05, 3.63) is 50.2 Å². The molecule has 0 bridgehead atoms. The Labute approximate surface area is 192 Å². The lowest BCUT2D eigenvalue weighted by Gasteiger charge is -2.20. The molecule has 1 atom stereocenters. The molecule has 0 saturated carbocycles. The van der Waals surface area contributed by atoms with Crippen molar-refractivity contribution >= 4 is 52.9 Å². The summed E-state index contributed by atoms with van der Waals surface area (Å²) in [5.41, 5.74) is 3.48. The largest absolute Gasteiger partial charge is 0.508 e. The summed E-state index contributed by atoms with van der Waals surface area (Å²) >= 11 is 7.31. The third-order valence-electron chi connectivity index (χ3n) is 4.75. The Bertz CT molecular complexity index is 813. The maximum atomic E-state index is 10.3. The number of benzene rings is 1. The molecule has 0 spiro atoms. The van der Waals surface area contributed by atoms with Gasteiger partial charge in [0, 0.05) is 23.5 Å². The van der Waals surface area contributed by atoms with Gasteiger partial charge in [0.15, 0.2) is 5.96 Å². The number of nitrogens with one attached hydrogen (secondary N) is 2. The SMILES string of the molecule is CCNC(=NCc1c(O)ccc2c1CCCC2)NCC(O)c1ccc(Cl)s1.I. The zero-order valence-electron chi connectivity index (χ0n) is 15.9. The molecule has 1 aliphatic carbocycles. The molecule has 4 N–H and O–H groups in total. The highest BCUT2D eigenvalue weighted by Gasteiger charge is 2.16. The van der Waals surface area contributed by atoms with Crippen LogP contribution in [0.2, 0.25) is 4.34 Å². The number of fused-ring (bicyclic) bond motifs is 1. The number of rotatable bonds is 6. The molecule has 1 aromatic heterocycles. The molecule has 0 aliphatic heterocycles. The van der Waals surface area contributed by atoms with E-state index in [1.807, 2.05) is 19.1 Å². The van der Waals surface area contributed by atoms with Gasteiger partial charge in [-0.25, -0.2) is 4.99 Å². The number of aliphatic hydroxyl groups excluding tert-OH is 1. The Balaban J connectivity index is 0.00000280. The highest BCUT2D eigenvalue weighted by molar-refractivity contribution is 14.0. The van der Waals surface area contributed by atoms with Crippen LogP contribution in [0.4, 0.5) is 0 Å². The number of aromatic hydroxyl groups is 1. The lowest BCUT2D eigenvalue weighted by atomic mass is 9.88. The Hall–Kier alpha value is -1.03. The first-order valence-corrected chi connectivity index (χ1v) is 10.6. The summed E-state index contributed by atoms with van der Waals surface area (Å²) in [6, 6.07) is 7.42. The molecule has 0 radical (unpaired) electrons. The van der Waals surface area contributed by atoms with Crippen LogP contribution >= 0.6 is 46.9 Å². The summed E-state index contributed by atoms with van der Waals surface area (Å²) in [6.45, 7) is 3.45. The number of aliphatic hydroxyl groups is 1. The standard InChI is InChI=1S/C20H26ClN3O2S.HI/c1-2-22-20(24-12-17(26)18-9-10-19(21)27-18)23-11-15-14-6-4-3-5-13(14)7-8-16(15)25;/h7-10,17,25-26H,2-6,11-12H2,1H3,(H2,22,23,24);1H. The number of hydrogen-bond donors (Lipinski definition) is 4. The Morgan fingerprint density at radius 1 is 1.21 bits per heavy atom. The lowest BCUT2D eigenvalue weighted by Crippen LogP contribution is -2.39. The minimum atomic E-state index is -0.649. The van der Waals surface area contributed by atoms with Crippen molar-refractivity contribution in [2.45, 2.75) is 45.3 Å². The highest BCUT2D eigenvalue weighted by Crippen LogP contribution is 2.31. The molecule has 154 valence electrons. The molecular weight excluding hydrogens is 509 g/mol. The average Bonchev–Trinajstić information content (AvgIpc) is 3.11. The van der Waals surface area contributed by atoms with Crippen LogP contribution in [0.25, 0.3) is 0 Å². The van der Waals surface area contributed by atoms with Gasteiger partial charge in [-0.3, -0.25) is 0 Å². The molecule has 1 unspecified atom stereocenters. The molecule has 0 saturated heterocycles. The number of aliphatic imine (C=N–C) groups is 1. The second-order valence-corrected chi connectivity index (χ2v) is 8.39. The van der Waals surface area contributed by atoms with Crippen LogP contribution in [0, 0.1) is 0 Å². The van der Waals surface area contributed by atoms with Gasteiger partial charge in [-0.2, -0.15) is 0 Å². The van der Waals surface area contributed by atoms with Gasteiger partial charge in [-0.05, 0) is 61.9 Å². The first-order chi connectivity index (χ1) is 13.1. The predicted molar refractivity (Wildman–Crippen MR) is 127 cm³/mol. The summed E-state index contributed by atoms with van der Waals surface area (Å²) < 4.78 is 0.661. The number of halogens is 2. The molecule has 28 heavy (non-hydrogen) atoms. The summed E-state index contributed by atoms with van der Waals surface area (Å²) in [5.74, 6) is 0.926. The van der Waals surface area contributed by atoms with Crippen LogP contribution in [0.5, 0.6) is 5.75 Å². The van der Waals surface area contributed by atoms with Crippen molar-refractivity contribution in [3.8, 4) is 5.75 Å². The van der Waals surface area contributed by atoms with Gasteiger partial charge in [0.05, 0.1) is 10.9 Å². The molecule has 3 rings (SSSR count). The average molecular weight is 536 g/mol. The monoisotopic (exact) mass is 535 g/mol. The quantitative estimate of drug-likeness (QED) is 0.251. The Morgan fingerprint density at radius 3 is 2.71 bits per heavy atom. The smallest absolute Gasteiger partial charge is 0.191 e. The molecule has 0 fully saturated rings. The number of thiophene rings is 1. The maximum Gasteiger partial charge on any atom is 0.191 e. The van der Waals surface area contributed by atoms with Gasteiger partial charge in [-0.15, -0.1) is 35.3 Å². The topological polar surface area (TPSA) is 76.9 Å². The first kappa shape index (κ1) is 23.3. The fourth-order valence-electron chi connectivity index (χ4n) is 3.37. The third-order valence-corrected chi connectivity index (χ3v) is 6.08. The third kappa shape index (κ3) is 5.98. The fraction of sp³-hybridized carbons (Fsp3) is 0.450. The molecule has 1 heterocycles. The lowest BCUT2D eigenvalue weighted by molar-refractivity contribution is 0.184. The van der Waals surface area contributed by atoms with Crippen LogP contribution in [-0.4, -0.2) is 29.3 Å². The second kappa shape index (κ2) is 11.2. The van der Waals surface area contributed by atoms with Crippen molar-refractivity contribution in [3.63, 3.8) is 0 Å². The normalized spacial score (nSPS) is 14.8. The van der Waals surface area contributed by atoms with Gasteiger partial charge in [0.2, 0.25) is 0 Å². The van der Waals surface area contributed by atoms with E-state index < -0.39 is 6.10 Å². The van der Waals surface area contributed by atoms with Crippen LogP contribution in [-0.2, 0) is 19.4 Å². The molecule has 0 amide bonds. The number of phenols is 1. The summed E-state index contributed by atoms with van der Waals surface area (Å²) in [6.07, 6.45) is 3.77. The van der Waals surface area contributed by atoms with Crippen molar-refractivity contribution in [2.24, 2.45) is 4.99 Å².